The fourth-order valence-electron chi connectivity index (χ4n) is 1.30. The molecule has 3 N–H and O–H groups in total. The minimum Gasteiger partial charge on any atom is -0.506 e. The van der Waals surface area contributed by atoms with Gasteiger partial charge < -0.3 is 10.2 Å². The molecule has 1 aromatic carbocycles. The van der Waals surface area contributed by atoms with E-state index in [0.717, 1.165) is 18.6 Å². The van der Waals surface area contributed by atoms with Gasteiger partial charge in [0.1, 0.15) is 5.75 Å². The Morgan fingerprint density at radius 2 is 2.06 bits per heavy atom. The van der Waals surface area contributed by atoms with Crippen LogP contribution in [-0.2, 0) is 10.0 Å². The molecule has 0 aliphatic carbocycles. The molecule has 0 saturated carbocycles. The van der Waals surface area contributed by atoms with Crippen LogP contribution in [-0.4, -0.2) is 30.4 Å². The molecule has 0 atom stereocenters. The number of anilines is 1. The van der Waals surface area contributed by atoms with E-state index in [2.05, 4.69) is 4.72 Å². The highest BCUT2D eigenvalue weighted by atomic mass is 32.2. The maximum Gasteiger partial charge on any atom is 0.335 e. The first-order chi connectivity index (χ1) is 8.35. The second kappa shape index (κ2) is 5.72. The van der Waals surface area contributed by atoms with E-state index in [1.807, 2.05) is 6.92 Å². The number of rotatable bonds is 6. The molecule has 1 aromatic rings. The Kier molecular flexibility index (Phi) is 4.55. The van der Waals surface area contributed by atoms with Gasteiger partial charge >= 0.3 is 5.97 Å². The van der Waals surface area contributed by atoms with Crippen molar-refractivity contribution in [1.29, 1.82) is 0 Å². The molecule has 0 aliphatic heterocycles. The van der Waals surface area contributed by atoms with E-state index in [1.165, 1.54) is 6.07 Å². The number of aromatic hydroxyl groups is 1. The van der Waals surface area contributed by atoms with Gasteiger partial charge in [0.25, 0.3) is 0 Å². The lowest BCUT2D eigenvalue weighted by molar-refractivity contribution is 0.0697. The van der Waals surface area contributed by atoms with E-state index in [4.69, 9.17) is 5.11 Å². The molecular weight excluding hydrogens is 258 g/mol. The summed E-state index contributed by atoms with van der Waals surface area (Å²) in [5.41, 5.74) is -0.216. The molecule has 0 unspecified atom stereocenters. The Labute approximate surface area is 105 Å². The number of carboxylic acid groups (broad SMARTS) is 1. The van der Waals surface area contributed by atoms with E-state index >= 15 is 0 Å². The standard InChI is InChI=1S/C11H15NO5S/c1-2-3-6-18(16,17)12-9-7-8(11(14)15)4-5-10(9)13/h4-5,7,12-13H,2-3,6H2,1H3,(H,14,15). The molecule has 0 aliphatic rings. The van der Waals surface area contributed by atoms with Crippen LogP contribution in [0.4, 0.5) is 5.69 Å². The third-order valence-corrected chi connectivity index (χ3v) is 3.63. The monoisotopic (exact) mass is 273 g/mol. The summed E-state index contributed by atoms with van der Waals surface area (Å²) >= 11 is 0. The van der Waals surface area contributed by atoms with Gasteiger partial charge in [0.05, 0.1) is 17.0 Å². The summed E-state index contributed by atoms with van der Waals surface area (Å²) < 4.78 is 25.4. The number of nitrogens with one attached hydrogen (secondary N) is 1. The van der Waals surface area contributed by atoms with E-state index < -0.39 is 16.0 Å². The second-order valence-electron chi connectivity index (χ2n) is 3.81. The van der Waals surface area contributed by atoms with E-state index in [9.17, 15) is 18.3 Å². The fourth-order valence-corrected chi connectivity index (χ4v) is 2.57. The van der Waals surface area contributed by atoms with Crippen LogP contribution in [0.1, 0.15) is 30.1 Å². The first-order valence-electron chi connectivity index (χ1n) is 5.42. The first kappa shape index (κ1) is 14.3. The highest BCUT2D eigenvalue weighted by Crippen LogP contribution is 2.25. The van der Waals surface area contributed by atoms with Gasteiger partial charge in [-0.15, -0.1) is 0 Å². The van der Waals surface area contributed by atoms with E-state index in [-0.39, 0.29) is 22.8 Å². The quantitative estimate of drug-likeness (QED) is 0.683. The van der Waals surface area contributed by atoms with Crippen molar-refractivity contribution in [3.05, 3.63) is 23.8 Å². The average molecular weight is 273 g/mol. The Hall–Kier alpha value is -1.76. The predicted molar refractivity (Wildman–Crippen MR) is 67.4 cm³/mol. The van der Waals surface area contributed by atoms with Gasteiger partial charge in [-0.1, -0.05) is 13.3 Å². The molecule has 0 radical (unpaired) electrons. The van der Waals surface area contributed by atoms with Gasteiger partial charge in [-0.2, -0.15) is 0 Å². The van der Waals surface area contributed by atoms with Crippen molar-refractivity contribution >= 4 is 21.7 Å². The van der Waals surface area contributed by atoms with Crippen LogP contribution in [0.15, 0.2) is 18.2 Å². The Bertz CT molecular complexity index is 538. The van der Waals surface area contributed by atoms with Crippen molar-refractivity contribution in [1.82, 2.24) is 0 Å². The summed E-state index contributed by atoms with van der Waals surface area (Å²) in [5.74, 6) is -1.57. The number of hydrogen-bond acceptors (Lipinski definition) is 4. The average Bonchev–Trinajstić information content (AvgIpc) is 2.29. The largest absolute Gasteiger partial charge is 0.506 e. The van der Waals surface area contributed by atoms with E-state index in [0.29, 0.717) is 6.42 Å². The second-order valence-corrected chi connectivity index (χ2v) is 5.65. The Balaban J connectivity index is 2.96. The minimum absolute atomic E-state index is 0.0692. The molecule has 0 bridgehead atoms. The molecular formula is C11H15NO5S. The van der Waals surface area contributed by atoms with Gasteiger partial charge in [0.2, 0.25) is 10.0 Å². The lowest BCUT2D eigenvalue weighted by Gasteiger charge is -2.09. The number of phenols is 1. The number of unbranched alkanes of at least 4 members (excludes halogenated alkanes) is 1. The normalized spacial score (nSPS) is 11.2. The van der Waals surface area contributed by atoms with Crippen molar-refractivity contribution < 1.29 is 23.4 Å². The molecule has 6 nitrogen and oxygen atoms in total. The van der Waals surface area contributed by atoms with Gasteiger partial charge in [0.15, 0.2) is 0 Å². The molecule has 0 saturated heterocycles. The zero-order valence-electron chi connectivity index (χ0n) is 9.88. The van der Waals surface area contributed by atoms with Crippen LogP contribution in [0.25, 0.3) is 0 Å². The van der Waals surface area contributed by atoms with Gasteiger partial charge in [-0.3, -0.25) is 4.72 Å². The Morgan fingerprint density at radius 3 is 2.61 bits per heavy atom. The minimum atomic E-state index is -3.56. The number of carbonyl (C=O) groups is 1. The maximum absolute atomic E-state index is 11.6. The molecule has 0 spiro atoms. The molecule has 0 heterocycles. The molecule has 7 heteroatoms. The fraction of sp³-hybridized carbons (Fsp3) is 0.364. The van der Waals surface area contributed by atoms with E-state index in [1.54, 1.807) is 0 Å². The molecule has 1 rings (SSSR count). The zero-order valence-corrected chi connectivity index (χ0v) is 10.7. The van der Waals surface area contributed by atoms with Crippen LogP contribution in [0.5, 0.6) is 5.75 Å². The topological polar surface area (TPSA) is 104 Å². The van der Waals surface area contributed by atoms with Crippen molar-refractivity contribution in [2.24, 2.45) is 0 Å². The van der Waals surface area contributed by atoms with Crippen molar-refractivity contribution in [2.45, 2.75) is 19.8 Å². The number of sulfonamides is 1. The molecule has 0 fully saturated rings. The van der Waals surface area contributed by atoms with Crippen molar-refractivity contribution in [3.8, 4) is 5.75 Å². The summed E-state index contributed by atoms with van der Waals surface area (Å²) in [6, 6.07) is 3.42. The first-order valence-corrected chi connectivity index (χ1v) is 7.07. The van der Waals surface area contributed by atoms with Crippen LogP contribution in [0.2, 0.25) is 0 Å². The third kappa shape index (κ3) is 3.92. The summed E-state index contributed by atoms with van der Waals surface area (Å²) in [5, 5.41) is 18.3. The number of hydrogen-bond donors (Lipinski definition) is 3. The van der Waals surface area contributed by atoms with Gasteiger partial charge in [-0.25, -0.2) is 13.2 Å². The number of aromatic carboxylic acids is 1. The van der Waals surface area contributed by atoms with Gasteiger partial charge in [0, 0.05) is 0 Å². The summed E-state index contributed by atoms with van der Waals surface area (Å²) in [6.45, 7) is 1.86. The third-order valence-electron chi connectivity index (χ3n) is 2.28. The van der Waals surface area contributed by atoms with Crippen LogP contribution < -0.4 is 4.72 Å². The number of benzene rings is 1. The number of carboxylic acids is 1. The Morgan fingerprint density at radius 1 is 1.39 bits per heavy atom. The summed E-state index contributed by atoms with van der Waals surface area (Å²) in [6.07, 6.45) is 1.22. The van der Waals surface area contributed by atoms with Gasteiger partial charge in [-0.05, 0) is 24.6 Å². The highest BCUT2D eigenvalue weighted by Gasteiger charge is 2.14. The zero-order chi connectivity index (χ0) is 13.8. The SMILES string of the molecule is CCCCS(=O)(=O)Nc1cc(C(=O)O)ccc1O. The maximum atomic E-state index is 11.6. The van der Waals surface area contributed by atoms with Crippen molar-refractivity contribution in [3.63, 3.8) is 0 Å². The van der Waals surface area contributed by atoms with Crippen LogP contribution in [0.3, 0.4) is 0 Å². The smallest absolute Gasteiger partial charge is 0.335 e. The number of phenolic OH excluding ortho intramolecular Hbond substituents is 1. The highest BCUT2D eigenvalue weighted by molar-refractivity contribution is 7.92. The molecule has 100 valence electrons. The van der Waals surface area contributed by atoms with Crippen LogP contribution >= 0.6 is 0 Å². The summed E-state index contributed by atoms with van der Waals surface area (Å²) in [7, 11) is -3.56. The van der Waals surface area contributed by atoms with Crippen molar-refractivity contribution in [2.75, 3.05) is 10.5 Å². The molecule has 18 heavy (non-hydrogen) atoms. The summed E-state index contributed by atoms with van der Waals surface area (Å²) in [4.78, 5) is 10.7. The molecule has 0 amide bonds. The predicted octanol–water partition coefficient (Wildman–Crippen LogP) is 1.63. The molecule has 0 aromatic heterocycles. The lowest BCUT2D eigenvalue weighted by Crippen LogP contribution is -2.17. The lowest BCUT2D eigenvalue weighted by atomic mass is 10.2. The van der Waals surface area contributed by atoms with Crippen LogP contribution in [0, 0.1) is 0 Å².